The average molecular weight is 415 g/mol. The van der Waals surface area contributed by atoms with Crippen LogP contribution >= 0.6 is 11.3 Å². The Bertz CT molecular complexity index is 1340. The van der Waals surface area contributed by atoms with Crippen molar-refractivity contribution in [2.45, 2.75) is 6.42 Å². The molecule has 1 amide bonds. The van der Waals surface area contributed by atoms with Gasteiger partial charge in [0.2, 0.25) is 5.91 Å². The van der Waals surface area contributed by atoms with Crippen LogP contribution in [0.5, 0.6) is 0 Å². The van der Waals surface area contributed by atoms with Gasteiger partial charge in [0.15, 0.2) is 16.5 Å². The van der Waals surface area contributed by atoms with Gasteiger partial charge < -0.3 is 14.4 Å². The van der Waals surface area contributed by atoms with Gasteiger partial charge in [-0.1, -0.05) is 59.0 Å². The monoisotopic (exact) mass is 415 g/mol. The summed E-state index contributed by atoms with van der Waals surface area (Å²) in [5.41, 5.74) is 3.03. The number of aromatic nitrogens is 4. The van der Waals surface area contributed by atoms with Crippen molar-refractivity contribution in [1.82, 2.24) is 19.7 Å². The highest BCUT2D eigenvalue weighted by Crippen LogP contribution is 2.38. The Hall–Kier alpha value is -3.78. The van der Waals surface area contributed by atoms with Crippen molar-refractivity contribution in [3.63, 3.8) is 0 Å². The number of carbonyl (C=O) groups is 1. The molecule has 3 heterocycles. The van der Waals surface area contributed by atoms with Gasteiger partial charge in [-0.25, -0.2) is 9.97 Å². The Balaban J connectivity index is 1.45. The second-order valence-corrected chi connectivity index (χ2v) is 7.77. The van der Waals surface area contributed by atoms with Crippen molar-refractivity contribution in [2.24, 2.45) is 7.05 Å². The quantitative estimate of drug-likeness (QED) is 0.456. The second-order valence-electron chi connectivity index (χ2n) is 6.77. The maximum atomic E-state index is 12.7. The summed E-state index contributed by atoms with van der Waals surface area (Å²) in [7, 11) is 1.94. The van der Waals surface area contributed by atoms with Crippen molar-refractivity contribution in [1.29, 1.82) is 0 Å². The van der Waals surface area contributed by atoms with Gasteiger partial charge >= 0.3 is 0 Å². The number of hydrogen-bond donors (Lipinski definition) is 1. The number of hydrogen-bond acceptors (Lipinski definition) is 6. The molecule has 0 atom stereocenters. The number of fused-ring (bicyclic) bond motifs is 1. The van der Waals surface area contributed by atoms with Crippen LogP contribution < -0.4 is 5.32 Å². The van der Waals surface area contributed by atoms with E-state index < -0.39 is 0 Å². The third-order valence-electron chi connectivity index (χ3n) is 4.73. The molecule has 7 nitrogen and oxygen atoms in total. The maximum absolute atomic E-state index is 12.7. The van der Waals surface area contributed by atoms with E-state index in [2.05, 4.69) is 15.5 Å². The van der Waals surface area contributed by atoms with Crippen molar-refractivity contribution >= 4 is 33.3 Å². The number of imidazole rings is 1. The zero-order chi connectivity index (χ0) is 20.5. The lowest BCUT2D eigenvalue weighted by molar-refractivity contribution is -0.115. The molecule has 2 aromatic carbocycles. The zero-order valence-electron chi connectivity index (χ0n) is 16.1. The topological polar surface area (TPSA) is 85.8 Å². The van der Waals surface area contributed by atoms with Crippen LogP contribution in [0.25, 0.3) is 32.9 Å². The first kappa shape index (κ1) is 18.3. The van der Waals surface area contributed by atoms with Crippen LogP contribution in [0.1, 0.15) is 5.69 Å². The number of nitrogens with one attached hydrogen (secondary N) is 1. The minimum atomic E-state index is -0.200. The SMILES string of the molecule is Cn1ccnc1-c1sc(NC(=O)Cc2noc3ccccc23)nc1-c1ccccc1. The summed E-state index contributed by atoms with van der Waals surface area (Å²) < 4.78 is 7.23. The fourth-order valence-corrected chi connectivity index (χ4v) is 4.33. The van der Waals surface area contributed by atoms with Crippen LogP contribution in [0.4, 0.5) is 5.13 Å². The normalized spacial score (nSPS) is 11.1. The Morgan fingerprint density at radius 3 is 2.73 bits per heavy atom. The number of thiazole rings is 1. The fourth-order valence-electron chi connectivity index (χ4n) is 3.28. The van der Waals surface area contributed by atoms with Gasteiger partial charge in [-0.15, -0.1) is 0 Å². The van der Waals surface area contributed by atoms with Crippen molar-refractivity contribution in [3.05, 3.63) is 72.7 Å². The van der Waals surface area contributed by atoms with E-state index in [0.29, 0.717) is 16.4 Å². The number of amides is 1. The van der Waals surface area contributed by atoms with Crippen molar-refractivity contribution in [3.8, 4) is 22.0 Å². The Morgan fingerprint density at radius 1 is 1.13 bits per heavy atom. The molecule has 0 radical (unpaired) electrons. The molecule has 5 rings (SSSR count). The number of anilines is 1. The third kappa shape index (κ3) is 3.37. The predicted molar refractivity (Wildman–Crippen MR) is 116 cm³/mol. The summed E-state index contributed by atoms with van der Waals surface area (Å²) in [6, 6.07) is 17.4. The van der Waals surface area contributed by atoms with E-state index in [-0.39, 0.29) is 12.3 Å². The van der Waals surface area contributed by atoms with Gasteiger partial charge in [0.05, 0.1) is 17.0 Å². The highest BCUT2D eigenvalue weighted by Gasteiger charge is 2.20. The van der Waals surface area contributed by atoms with E-state index >= 15 is 0 Å². The molecule has 0 bridgehead atoms. The number of nitrogens with zero attached hydrogens (tertiary/aromatic N) is 4. The molecular formula is C22H17N5O2S. The Kier molecular flexibility index (Phi) is 4.61. The van der Waals surface area contributed by atoms with Gasteiger partial charge in [-0.2, -0.15) is 0 Å². The number of rotatable bonds is 5. The number of para-hydroxylation sites is 1. The molecule has 0 saturated heterocycles. The first-order chi connectivity index (χ1) is 14.7. The van der Waals surface area contributed by atoms with Gasteiger partial charge in [0, 0.05) is 30.4 Å². The van der Waals surface area contributed by atoms with Gasteiger partial charge in [0.25, 0.3) is 0 Å². The molecule has 8 heteroatoms. The lowest BCUT2D eigenvalue weighted by Crippen LogP contribution is -2.14. The average Bonchev–Trinajstić information content (AvgIpc) is 3.47. The minimum absolute atomic E-state index is 0.106. The van der Waals surface area contributed by atoms with Crippen LogP contribution in [0, 0.1) is 0 Å². The van der Waals surface area contributed by atoms with Crippen LogP contribution in [0.2, 0.25) is 0 Å². The number of aryl methyl sites for hydroxylation is 1. The van der Waals surface area contributed by atoms with E-state index in [1.165, 1.54) is 11.3 Å². The van der Waals surface area contributed by atoms with Crippen LogP contribution in [-0.2, 0) is 18.3 Å². The lowest BCUT2D eigenvalue weighted by Gasteiger charge is -2.02. The molecule has 30 heavy (non-hydrogen) atoms. The molecular weight excluding hydrogens is 398 g/mol. The standard InChI is InChI=1S/C22H17N5O2S/c1-27-12-11-23-21(27)20-19(14-7-3-2-4-8-14)25-22(30-20)24-18(28)13-16-15-9-5-6-10-17(15)29-26-16/h2-12H,13H2,1H3,(H,24,25,28). The minimum Gasteiger partial charge on any atom is -0.356 e. The Morgan fingerprint density at radius 2 is 1.93 bits per heavy atom. The zero-order valence-corrected chi connectivity index (χ0v) is 16.9. The molecule has 0 aliphatic carbocycles. The van der Waals surface area contributed by atoms with Crippen LogP contribution in [0.3, 0.4) is 0 Å². The van der Waals surface area contributed by atoms with Crippen molar-refractivity contribution < 1.29 is 9.32 Å². The third-order valence-corrected chi connectivity index (χ3v) is 5.69. The largest absolute Gasteiger partial charge is 0.356 e. The van der Waals surface area contributed by atoms with E-state index in [1.807, 2.05) is 72.4 Å². The predicted octanol–water partition coefficient (Wildman–Crippen LogP) is 4.53. The van der Waals surface area contributed by atoms with Gasteiger partial charge in [0.1, 0.15) is 5.69 Å². The molecule has 1 N–H and O–H groups in total. The van der Waals surface area contributed by atoms with E-state index in [9.17, 15) is 4.79 Å². The molecule has 0 aliphatic rings. The van der Waals surface area contributed by atoms with E-state index in [0.717, 1.165) is 27.3 Å². The smallest absolute Gasteiger partial charge is 0.232 e. The first-order valence-electron chi connectivity index (χ1n) is 9.36. The summed E-state index contributed by atoms with van der Waals surface area (Å²) >= 11 is 1.40. The summed E-state index contributed by atoms with van der Waals surface area (Å²) in [6.45, 7) is 0. The van der Waals surface area contributed by atoms with Crippen LogP contribution in [0.15, 0.2) is 71.5 Å². The summed E-state index contributed by atoms with van der Waals surface area (Å²) in [6.07, 6.45) is 3.74. The fraction of sp³-hybridized carbons (Fsp3) is 0.0909. The summed E-state index contributed by atoms with van der Waals surface area (Å²) in [4.78, 5) is 22.7. The molecule has 0 unspecified atom stereocenters. The highest BCUT2D eigenvalue weighted by atomic mass is 32.1. The molecule has 148 valence electrons. The molecule has 0 fully saturated rings. The van der Waals surface area contributed by atoms with Gasteiger partial charge in [-0.05, 0) is 12.1 Å². The van der Waals surface area contributed by atoms with Crippen molar-refractivity contribution in [2.75, 3.05) is 5.32 Å². The Labute approximate surface area is 176 Å². The molecule has 5 aromatic rings. The molecule has 0 saturated carbocycles. The molecule has 0 spiro atoms. The van der Waals surface area contributed by atoms with Crippen LogP contribution in [-0.4, -0.2) is 25.6 Å². The van der Waals surface area contributed by atoms with Gasteiger partial charge in [-0.3, -0.25) is 4.79 Å². The van der Waals surface area contributed by atoms with E-state index in [4.69, 9.17) is 9.51 Å². The molecule has 0 aliphatic heterocycles. The summed E-state index contributed by atoms with van der Waals surface area (Å²) in [5.74, 6) is 0.600. The van der Waals surface area contributed by atoms with E-state index in [1.54, 1.807) is 6.20 Å². The number of carbonyl (C=O) groups excluding carboxylic acids is 1. The molecule has 3 aromatic heterocycles. The summed E-state index contributed by atoms with van der Waals surface area (Å²) in [5, 5.41) is 8.30. The highest BCUT2D eigenvalue weighted by molar-refractivity contribution is 7.19. The first-order valence-corrected chi connectivity index (χ1v) is 10.2. The number of benzene rings is 2. The second kappa shape index (κ2) is 7.57. The maximum Gasteiger partial charge on any atom is 0.232 e. The lowest BCUT2D eigenvalue weighted by atomic mass is 10.1.